The Morgan fingerprint density at radius 3 is 2.52 bits per heavy atom. The highest BCUT2D eigenvalue weighted by molar-refractivity contribution is 5.35. The summed E-state index contributed by atoms with van der Waals surface area (Å²) in [6.45, 7) is 1.06. The lowest BCUT2D eigenvalue weighted by Gasteiger charge is -2.29. The summed E-state index contributed by atoms with van der Waals surface area (Å²) in [6.07, 6.45) is 8.76. The van der Waals surface area contributed by atoms with E-state index in [0.29, 0.717) is 17.7 Å². The second-order valence-electron chi connectivity index (χ2n) is 6.49. The third-order valence-electron chi connectivity index (χ3n) is 4.87. The molecular formula is C20H26N2O. The quantitative estimate of drug-likeness (QED) is 0.792. The number of para-hydroxylation sites is 1. The molecule has 0 atom stereocenters. The third kappa shape index (κ3) is 4.55. The van der Waals surface area contributed by atoms with Crippen molar-refractivity contribution in [3.05, 3.63) is 59.9 Å². The number of aryl methyl sites for hydroxylation is 1. The SMILES string of the molecule is Oc1ccccc1C1CCC(NCCCc2ccccn2)CC1. The normalized spacial score (nSPS) is 21.2. The first-order valence-corrected chi connectivity index (χ1v) is 8.74. The minimum Gasteiger partial charge on any atom is -0.508 e. The number of phenolic OH excluding ortho intramolecular Hbond substituents is 1. The lowest BCUT2D eigenvalue weighted by Crippen LogP contribution is -2.33. The van der Waals surface area contributed by atoms with Crippen LogP contribution in [0.15, 0.2) is 48.7 Å². The maximum atomic E-state index is 9.99. The molecule has 0 aliphatic heterocycles. The lowest BCUT2D eigenvalue weighted by atomic mass is 9.81. The standard InChI is InChI=1S/C20H26N2O/c23-20-9-2-1-8-19(20)16-10-12-18(13-11-16)22-15-5-7-17-6-3-4-14-21-17/h1-4,6,8-9,14,16,18,22-23H,5,7,10-13,15H2. The van der Waals surface area contributed by atoms with E-state index in [1.165, 1.54) is 18.5 Å². The molecule has 1 aliphatic rings. The second kappa shape index (κ2) is 8.11. The Hall–Kier alpha value is -1.87. The lowest BCUT2D eigenvalue weighted by molar-refractivity contribution is 0.336. The monoisotopic (exact) mass is 310 g/mol. The van der Waals surface area contributed by atoms with Crippen LogP contribution in [0.25, 0.3) is 0 Å². The Kier molecular flexibility index (Phi) is 5.65. The van der Waals surface area contributed by atoms with Gasteiger partial charge in [0, 0.05) is 17.9 Å². The van der Waals surface area contributed by atoms with Gasteiger partial charge in [-0.1, -0.05) is 24.3 Å². The third-order valence-corrected chi connectivity index (χ3v) is 4.87. The molecule has 0 saturated heterocycles. The largest absolute Gasteiger partial charge is 0.508 e. The molecule has 0 amide bonds. The number of nitrogens with zero attached hydrogens (tertiary/aromatic N) is 1. The van der Waals surface area contributed by atoms with Crippen LogP contribution < -0.4 is 5.32 Å². The van der Waals surface area contributed by atoms with E-state index in [1.54, 1.807) is 6.07 Å². The summed E-state index contributed by atoms with van der Waals surface area (Å²) in [7, 11) is 0. The molecule has 1 saturated carbocycles. The highest BCUT2D eigenvalue weighted by Crippen LogP contribution is 2.36. The molecule has 2 N–H and O–H groups in total. The Bertz CT molecular complexity index is 592. The Balaban J connectivity index is 1.37. The van der Waals surface area contributed by atoms with Crippen LogP contribution in [0.3, 0.4) is 0 Å². The maximum Gasteiger partial charge on any atom is 0.119 e. The van der Waals surface area contributed by atoms with E-state index in [-0.39, 0.29) is 0 Å². The number of phenols is 1. The van der Waals surface area contributed by atoms with E-state index in [4.69, 9.17) is 0 Å². The summed E-state index contributed by atoms with van der Waals surface area (Å²) >= 11 is 0. The van der Waals surface area contributed by atoms with Crippen molar-refractivity contribution in [3.63, 3.8) is 0 Å². The molecule has 122 valence electrons. The first kappa shape index (κ1) is 16.0. The van der Waals surface area contributed by atoms with E-state index in [1.807, 2.05) is 24.4 Å². The molecule has 0 unspecified atom stereocenters. The summed E-state index contributed by atoms with van der Waals surface area (Å²) < 4.78 is 0. The summed E-state index contributed by atoms with van der Waals surface area (Å²) in [5, 5.41) is 13.7. The second-order valence-corrected chi connectivity index (χ2v) is 6.49. The van der Waals surface area contributed by atoms with E-state index in [2.05, 4.69) is 28.5 Å². The van der Waals surface area contributed by atoms with Crippen LogP contribution in [-0.2, 0) is 6.42 Å². The van der Waals surface area contributed by atoms with Gasteiger partial charge in [-0.15, -0.1) is 0 Å². The minimum atomic E-state index is 0.458. The molecule has 3 rings (SSSR count). The van der Waals surface area contributed by atoms with Crippen LogP contribution >= 0.6 is 0 Å². The number of aromatic nitrogens is 1. The molecule has 0 spiro atoms. The van der Waals surface area contributed by atoms with Crippen LogP contribution in [0.4, 0.5) is 0 Å². The van der Waals surface area contributed by atoms with Gasteiger partial charge in [0.25, 0.3) is 0 Å². The highest BCUT2D eigenvalue weighted by Gasteiger charge is 2.23. The van der Waals surface area contributed by atoms with Crippen LogP contribution in [0.5, 0.6) is 5.75 Å². The average Bonchev–Trinajstić information content (AvgIpc) is 2.61. The van der Waals surface area contributed by atoms with Gasteiger partial charge in [-0.2, -0.15) is 0 Å². The van der Waals surface area contributed by atoms with Crippen LogP contribution in [0, 0.1) is 0 Å². The van der Waals surface area contributed by atoms with Gasteiger partial charge < -0.3 is 10.4 Å². The van der Waals surface area contributed by atoms with Crippen LogP contribution in [0.2, 0.25) is 0 Å². The molecule has 0 radical (unpaired) electrons. The van der Waals surface area contributed by atoms with Gasteiger partial charge >= 0.3 is 0 Å². The fraction of sp³-hybridized carbons (Fsp3) is 0.450. The number of benzene rings is 1. The maximum absolute atomic E-state index is 9.99. The van der Waals surface area contributed by atoms with Crippen molar-refractivity contribution in [2.24, 2.45) is 0 Å². The number of rotatable bonds is 6. The van der Waals surface area contributed by atoms with Crippen molar-refractivity contribution in [1.82, 2.24) is 10.3 Å². The van der Waals surface area contributed by atoms with Gasteiger partial charge in [-0.05, 0) is 74.8 Å². The molecule has 1 heterocycles. The average molecular weight is 310 g/mol. The summed E-state index contributed by atoms with van der Waals surface area (Å²) in [6, 6.07) is 14.5. The van der Waals surface area contributed by atoms with Gasteiger partial charge in [0.2, 0.25) is 0 Å². The molecule has 3 nitrogen and oxygen atoms in total. The Morgan fingerprint density at radius 2 is 1.78 bits per heavy atom. The van der Waals surface area contributed by atoms with Crippen molar-refractivity contribution in [2.75, 3.05) is 6.54 Å². The van der Waals surface area contributed by atoms with E-state index in [9.17, 15) is 5.11 Å². The molecule has 0 bridgehead atoms. The molecule has 1 aromatic heterocycles. The highest BCUT2D eigenvalue weighted by atomic mass is 16.3. The molecule has 1 aliphatic carbocycles. The van der Waals surface area contributed by atoms with E-state index in [0.717, 1.165) is 37.8 Å². The van der Waals surface area contributed by atoms with Gasteiger partial charge in [0.05, 0.1) is 0 Å². The first-order valence-electron chi connectivity index (χ1n) is 8.74. The number of hydrogen-bond donors (Lipinski definition) is 2. The number of nitrogens with one attached hydrogen (secondary N) is 1. The van der Waals surface area contributed by atoms with Gasteiger partial charge in [-0.25, -0.2) is 0 Å². The first-order chi connectivity index (χ1) is 11.3. The van der Waals surface area contributed by atoms with Crippen molar-refractivity contribution >= 4 is 0 Å². The molecule has 3 heteroatoms. The zero-order chi connectivity index (χ0) is 15.9. The molecule has 1 aromatic carbocycles. The Labute approximate surface area is 138 Å². The number of hydrogen-bond acceptors (Lipinski definition) is 3. The van der Waals surface area contributed by atoms with Crippen molar-refractivity contribution < 1.29 is 5.11 Å². The summed E-state index contributed by atoms with van der Waals surface area (Å²) in [5.74, 6) is 0.974. The van der Waals surface area contributed by atoms with E-state index < -0.39 is 0 Å². The zero-order valence-electron chi connectivity index (χ0n) is 13.6. The van der Waals surface area contributed by atoms with Crippen molar-refractivity contribution in [2.45, 2.75) is 50.5 Å². The molecule has 23 heavy (non-hydrogen) atoms. The zero-order valence-corrected chi connectivity index (χ0v) is 13.6. The topological polar surface area (TPSA) is 45.1 Å². The van der Waals surface area contributed by atoms with Crippen LogP contribution in [0.1, 0.15) is 49.3 Å². The minimum absolute atomic E-state index is 0.458. The molecule has 2 aromatic rings. The fourth-order valence-electron chi connectivity index (χ4n) is 3.56. The Morgan fingerprint density at radius 1 is 1.00 bits per heavy atom. The number of pyridine rings is 1. The smallest absolute Gasteiger partial charge is 0.119 e. The summed E-state index contributed by atoms with van der Waals surface area (Å²) in [4.78, 5) is 4.36. The van der Waals surface area contributed by atoms with E-state index >= 15 is 0 Å². The number of aromatic hydroxyl groups is 1. The van der Waals surface area contributed by atoms with Gasteiger partial charge in [-0.3, -0.25) is 4.98 Å². The predicted molar refractivity (Wildman–Crippen MR) is 93.7 cm³/mol. The van der Waals surface area contributed by atoms with Gasteiger partial charge in [0.1, 0.15) is 5.75 Å². The van der Waals surface area contributed by atoms with Gasteiger partial charge in [0.15, 0.2) is 0 Å². The van der Waals surface area contributed by atoms with Crippen molar-refractivity contribution in [1.29, 1.82) is 0 Å². The molecule has 1 fully saturated rings. The van der Waals surface area contributed by atoms with Crippen molar-refractivity contribution in [3.8, 4) is 5.75 Å². The fourth-order valence-corrected chi connectivity index (χ4v) is 3.56. The van der Waals surface area contributed by atoms with Crippen LogP contribution in [-0.4, -0.2) is 22.7 Å². The molecular weight excluding hydrogens is 284 g/mol. The predicted octanol–water partition coefficient (Wildman–Crippen LogP) is 4.04. The summed E-state index contributed by atoms with van der Waals surface area (Å²) in [5.41, 5.74) is 2.30.